The molecule has 0 saturated carbocycles. The Morgan fingerprint density at radius 3 is 2.67 bits per heavy atom. The molecule has 7 nitrogen and oxygen atoms in total. The third kappa shape index (κ3) is 4.64. The minimum atomic E-state index is -3.74. The molecule has 1 fully saturated rings. The number of carbonyl (C=O) groups excluding carboxylic acids is 1. The third-order valence-electron chi connectivity index (χ3n) is 3.50. The van der Waals surface area contributed by atoms with Crippen molar-refractivity contribution >= 4 is 16.2 Å². The molecule has 0 aliphatic carbocycles. The highest BCUT2D eigenvalue weighted by Crippen LogP contribution is 2.24. The van der Waals surface area contributed by atoms with Crippen LogP contribution in [0.4, 0.5) is 0 Å². The Hall–Kier alpha value is -0.700. The van der Waals surface area contributed by atoms with Gasteiger partial charge >= 0.3 is 5.97 Å². The van der Waals surface area contributed by atoms with E-state index in [1.165, 1.54) is 8.61 Å². The van der Waals surface area contributed by atoms with Gasteiger partial charge in [-0.1, -0.05) is 13.3 Å². The van der Waals surface area contributed by atoms with Gasteiger partial charge < -0.3 is 9.84 Å². The van der Waals surface area contributed by atoms with Crippen LogP contribution in [0.3, 0.4) is 0 Å². The molecule has 0 radical (unpaired) electrons. The molecule has 1 atom stereocenters. The molecule has 1 aliphatic rings. The summed E-state index contributed by atoms with van der Waals surface area (Å²) in [4.78, 5) is 11.9. The van der Waals surface area contributed by atoms with Crippen molar-refractivity contribution in [2.75, 3.05) is 32.8 Å². The van der Waals surface area contributed by atoms with Crippen LogP contribution in [0.1, 0.15) is 39.5 Å². The molecule has 0 aromatic heterocycles. The van der Waals surface area contributed by atoms with Crippen LogP contribution < -0.4 is 0 Å². The number of hydrogen-bond donors (Lipinski definition) is 1. The molecule has 1 unspecified atom stereocenters. The lowest BCUT2D eigenvalue weighted by atomic mass is 10.2. The second kappa shape index (κ2) is 8.67. The minimum Gasteiger partial charge on any atom is -0.465 e. The van der Waals surface area contributed by atoms with Crippen LogP contribution in [0.2, 0.25) is 0 Å². The van der Waals surface area contributed by atoms with E-state index in [0.717, 1.165) is 12.8 Å². The molecule has 8 heteroatoms. The van der Waals surface area contributed by atoms with Gasteiger partial charge in [-0.3, -0.25) is 4.79 Å². The van der Waals surface area contributed by atoms with Crippen molar-refractivity contribution in [3.05, 3.63) is 0 Å². The molecule has 0 spiro atoms. The molecule has 124 valence electrons. The van der Waals surface area contributed by atoms with Gasteiger partial charge in [0.05, 0.1) is 13.2 Å². The van der Waals surface area contributed by atoms with Gasteiger partial charge in [-0.2, -0.15) is 17.0 Å². The zero-order valence-electron chi connectivity index (χ0n) is 12.8. The number of hydrogen-bond acceptors (Lipinski definition) is 5. The highest BCUT2D eigenvalue weighted by Gasteiger charge is 2.42. The van der Waals surface area contributed by atoms with E-state index in [-0.39, 0.29) is 19.8 Å². The van der Waals surface area contributed by atoms with Crippen molar-refractivity contribution < 1.29 is 23.1 Å². The molecule has 1 heterocycles. The number of ether oxygens (including phenoxy) is 1. The molecule has 1 aliphatic heterocycles. The van der Waals surface area contributed by atoms with Gasteiger partial charge in [-0.15, -0.1) is 0 Å². The zero-order chi connectivity index (χ0) is 15.9. The Morgan fingerprint density at radius 1 is 1.38 bits per heavy atom. The normalized spacial score (nSPS) is 20.1. The molecule has 1 saturated heterocycles. The fraction of sp³-hybridized carbons (Fsp3) is 0.923. The van der Waals surface area contributed by atoms with Crippen LogP contribution in [0.5, 0.6) is 0 Å². The fourth-order valence-electron chi connectivity index (χ4n) is 2.43. The lowest BCUT2D eigenvalue weighted by molar-refractivity contribution is -0.146. The lowest BCUT2D eigenvalue weighted by Crippen LogP contribution is -2.49. The molecule has 0 aromatic rings. The quantitative estimate of drug-likeness (QED) is 0.619. The van der Waals surface area contributed by atoms with Crippen molar-refractivity contribution in [2.24, 2.45) is 0 Å². The standard InChI is InChI=1S/C13H26N2O5S/c1-3-5-8-14(10-11-16)21(18,19)15-9-6-7-12(15)13(17)20-4-2/h12,16H,3-11H2,1-2H3. The number of unbranched alkanes of at least 4 members (excludes halogenated alkanes) is 1. The first kappa shape index (κ1) is 18.3. The molecule has 1 N–H and O–H groups in total. The fourth-order valence-corrected chi connectivity index (χ4v) is 4.27. The lowest BCUT2D eigenvalue weighted by Gasteiger charge is -2.29. The van der Waals surface area contributed by atoms with Crippen LogP contribution in [0.25, 0.3) is 0 Å². The SMILES string of the molecule is CCCCN(CCO)S(=O)(=O)N1CCCC1C(=O)OCC. The number of aliphatic hydroxyl groups excluding tert-OH is 1. The average molecular weight is 322 g/mol. The molecular formula is C13H26N2O5S. The molecule has 0 amide bonds. The van der Waals surface area contributed by atoms with E-state index in [2.05, 4.69) is 0 Å². The highest BCUT2D eigenvalue weighted by atomic mass is 32.2. The van der Waals surface area contributed by atoms with Gasteiger partial charge in [0.2, 0.25) is 0 Å². The van der Waals surface area contributed by atoms with Crippen LogP contribution in [-0.4, -0.2) is 67.0 Å². The van der Waals surface area contributed by atoms with E-state index in [9.17, 15) is 13.2 Å². The number of rotatable bonds is 9. The van der Waals surface area contributed by atoms with Crippen molar-refractivity contribution in [1.29, 1.82) is 0 Å². The van der Waals surface area contributed by atoms with Crippen molar-refractivity contribution in [3.63, 3.8) is 0 Å². The summed E-state index contributed by atoms with van der Waals surface area (Å²) >= 11 is 0. The third-order valence-corrected chi connectivity index (χ3v) is 5.54. The Balaban J connectivity index is 2.88. The maximum absolute atomic E-state index is 12.7. The number of aliphatic hydroxyl groups is 1. The van der Waals surface area contributed by atoms with Gasteiger partial charge in [-0.25, -0.2) is 0 Å². The minimum absolute atomic E-state index is 0.0500. The zero-order valence-corrected chi connectivity index (χ0v) is 13.6. The first-order chi connectivity index (χ1) is 9.98. The first-order valence-corrected chi connectivity index (χ1v) is 8.93. The number of esters is 1. The van der Waals surface area contributed by atoms with Gasteiger partial charge in [0.1, 0.15) is 6.04 Å². The van der Waals surface area contributed by atoms with Gasteiger partial charge in [0.15, 0.2) is 0 Å². The smallest absolute Gasteiger partial charge is 0.324 e. The maximum atomic E-state index is 12.7. The van der Waals surface area contributed by atoms with Gasteiger partial charge in [-0.05, 0) is 26.2 Å². The van der Waals surface area contributed by atoms with E-state index in [4.69, 9.17) is 9.84 Å². The van der Waals surface area contributed by atoms with Crippen LogP contribution in [-0.2, 0) is 19.7 Å². The van der Waals surface area contributed by atoms with E-state index < -0.39 is 22.2 Å². The number of nitrogens with zero attached hydrogens (tertiary/aromatic N) is 2. The van der Waals surface area contributed by atoms with Crippen LogP contribution in [0.15, 0.2) is 0 Å². The molecule has 0 aromatic carbocycles. The van der Waals surface area contributed by atoms with Crippen molar-refractivity contribution in [2.45, 2.75) is 45.6 Å². The summed E-state index contributed by atoms with van der Waals surface area (Å²) in [5.74, 6) is -0.488. The topological polar surface area (TPSA) is 87.2 Å². The van der Waals surface area contributed by atoms with Crippen LogP contribution in [0, 0.1) is 0 Å². The monoisotopic (exact) mass is 322 g/mol. The van der Waals surface area contributed by atoms with E-state index in [1.54, 1.807) is 6.92 Å². The summed E-state index contributed by atoms with van der Waals surface area (Å²) in [6.07, 6.45) is 2.71. The summed E-state index contributed by atoms with van der Waals surface area (Å²) < 4.78 is 32.8. The second-order valence-electron chi connectivity index (χ2n) is 5.00. The summed E-state index contributed by atoms with van der Waals surface area (Å²) in [5.41, 5.74) is 0. The Labute approximate surface area is 127 Å². The first-order valence-electron chi connectivity index (χ1n) is 7.53. The summed E-state index contributed by atoms with van der Waals surface area (Å²) in [5, 5.41) is 9.09. The summed E-state index contributed by atoms with van der Waals surface area (Å²) in [6, 6.07) is -0.738. The Kier molecular flexibility index (Phi) is 7.58. The van der Waals surface area contributed by atoms with Crippen molar-refractivity contribution in [1.82, 2.24) is 8.61 Å². The largest absolute Gasteiger partial charge is 0.465 e. The maximum Gasteiger partial charge on any atom is 0.324 e. The molecule has 1 rings (SSSR count). The van der Waals surface area contributed by atoms with Gasteiger partial charge in [0, 0.05) is 19.6 Å². The molecular weight excluding hydrogens is 296 g/mol. The predicted molar refractivity (Wildman–Crippen MR) is 78.8 cm³/mol. The van der Waals surface area contributed by atoms with E-state index in [0.29, 0.717) is 25.9 Å². The van der Waals surface area contributed by atoms with Crippen molar-refractivity contribution in [3.8, 4) is 0 Å². The van der Waals surface area contributed by atoms with Crippen LogP contribution >= 0.6 is 0 Å². The summed E-state index contributed by atoms with van der Waals surface area (Å²) in [6.45, 7) is 4.39. The molecule has 21 heavy (non-hydrogen) atoms. The number of carbonyl (C=O) groups is 1. The van der Waals surface area contributed by atoms with Gasteiger partial charge in [0.25, 0.3) is 10.2 Å². The second-order valence-corrected chi connectivity index (χ2v) is 6.89. The highest BCUT2D eigenvalue weighted by molar-refractivity contribution is 7.86. The Bertz CT molecular complexity index is 426. The summed E-state index contributed by atoms with van der Waals surface area (Å²) in [7, 11) is -3.74. The predicted octanol–water partition coefficient (Wildman–Crippen LogP) is 0.353. The molecule has 0 bridgehead atoms. The average Bonchev–Trinajstić information content (AvgIpc) is 2.93. The van der Waals surface area contributed by atoms with E-state index >= 15 is 0 Å². The Morgan fingerprint density at radius 2 is 2.10 bits per heavy atom. The van der Waals surface area contributed by atoms with E-state index in [1.807, 2.05) is 6.92 Å².